The second-order valence-electron chi connectivity index (χ2n) is 6.80. The van der Waals surface area contributed by atoms with Crippen LogP contribution in [0.4, 0.5) is 4.79 Å². The molecular formula is C16H21N5O2S. The second-order valence-corrected chi connectivity index (χ2v) is 7.66. The van der Waals surface area contributed by atoms with E-state index >= 15 is 0 Å². The first-order chi connectivity index (χ1) is 11.3. The monoisotopic (exact) mass is 347 g/mol. The minimum absolute atomic E-state index is 0.183. The number of hydrogen-bond donors (Lipinski definition) is 1. The van der Waals surface area contributed by atoms with Crippen molar-refractivity contribution in [3.05, 3.63) is 23.5 Å². The Hall–Kier alpha value is -2.22. The lowest BCUT2D eigenvalue weighted by Crippen LogP contribution is -2.44. The van der Waals surface area contributed by atoms with E-state index in [-0.39, 0.29) is 18.5 Å². The van der Waals surface area contributed by atoms with Crippen molar-refractivity contribution < 1.29 is 9.59 Å². The summed E-state index contributed by atoms with van der Waals surface area (Å²) in [5.41, 5.74) is 0.805. The zero-order valence-electron chi connectivity index (χ0n) is 14.2. The molecule has 2 aromatic rings. The molecule has 2 aromatic heterocycles. The predicted octanol–water partition coefficient (Wildman–Crippen LogP) is 2.40. The first kappa shape index (κ1) is 16.6. The van der Waals surface area contributed by atoms with Crippen LogP contribution >= 0.6 is 11.3 Å². The maximum Gasteiger partial charge on any atom is 0.325 e. The number of urea groups is 1. The molecule has 1 saturated heterocycles. The van der Waals surface area contributed by atoms with Gasteiger partial charge < -0.3 is 5.32 Å². The van der Waals surface area contributed by atoms with Gasteiger partial charge in [-0.05, 0) is 19.3 Å². The number of imide groups is 1. The summed E-state index contributed by atoms with van der Waals surface area (Å²) in [6.07, 6.45) is 4.25. The lowest BCUT2D eigenvalue weighted by molar-refractivity contribution is -0.131. The van der Waals surface area contributed by atoms with E-state index in [1.165, 1.54) is 16.2 Å². The molecule has 24 heavy (non-hydrogen) atoms. The Morgan fingerprint density at radius 1 is 1.38 bits per heavy atom. The van der Waals surface area contributed by atoms with Crippen LogP contribution < -0.4 is 5.32 Å². The Bertz CT molecular complexity index is 781. The van der Waals surface area contributed by atoms with Crippen molar-refractivity contribution in [1.82, 2.24) is 25.0 Å². The summed E-state index contributed by atoms with van der Waals surface area (Å²) in [6.45, 7) is 6.05. The Kier molecular flexibility index (Phi) is 4.16. The number of aromatic nitrogens is 3. The summed E-state index contributed by atoms with van der Waals surface area (Å²) in [4.78, 5) is 30.7. The molecule has 1 N–H and O–H groups in total. The highest BCUT2D eigenvalue weighted by molar-refractivity contribution is 7.13. The Morgan fingerprint density at radius 2 is 2.12 bits per heavy atom. The lowest BCUT2D eigenvalue weighted by atomic mass is 9.91. The molecule has 3 rings (SSSR count). The molecule has 3 amide bonds. The Balaban J connectivity index is 1.76. The third kappa shape index (κ3) is 3.06. The average molecular weight is 347 g/mol. The van der Waals surface area contributed by atoms with Crippen LogP contribution in [0.1, 0.15) is 32.9 Å². The van der Waals surface area contributed by atoms with Gasteiger partial charge in [0.1, 0.15) is 10.5 Å². The molecule has 3 heterocycles. The molecule has 1 aliphatic heterocycles. The van der Waals surface area contributed by atoms with E-state index in [9.17, 15) is 9.59 Å². The van der Waals surface area contributed by atoms with Gasteiger partial charge in [0.2, 0.25) is 0 Å². The number of hydrogen-bond acceptors (Lipinski definition) is 5. The van der Waals surface area contributed by atoms with E-state index in [0.29, 0.717) is 18.0 Å². The summed E-state index contributed by atoms with van der Waals surface area (Å²) in [5.74, 6) is 0.132. The van der Waals surface area contributed by atoms with Gasteiger partial charge in [-0.25, -0.2) is 9.78 Å². The number of rotatable bonds is 5. The molecule has 0 spiro atoms. The van der Waals surface area contributed by atoms with Crippen molar-refractivity contribution in [3.63, 3.8) is 0 Å². The third-order valence-corrected chi connectivity index (χ3v) is 4.93. The van der Waals surface area contributed by atoms with E-state index in [0.717, 1.165) is 10.6 Å². The standard InChI is InChI=1S/C16H21N5O2S/c1-10(2)5-16(3)14(22)21(15(23)19-16)8-12-9-24-13(18-12)11-6-17-20(4)7-11/h6-7,9-10H,5,8H2,1-4H3,(H,19,23). The summed E-state index contributed by atoms with van der Waals surface area (Å²) in [6, 6.07) is -0.348. The van der Waals surface area contributed by atoms with Crippen molar-refractivity contribution in [1.29, 1.82) is 0 Å². The molecule has 1 fully saturated rings. The molecule has 1 unspecified atom stereocenters. The first-order valence-electron chi connectivity index (χ1n) is 7.86. The van der Waals surface area contributed by atoms with Crippen molar-refractivity contribution in [3.8, 4) is 10.6 Å². The van der Waals surface area contributed by atoms with Gasteiger partial charge >= 0.3 is 6.03 Å². The SMILES string of the molecule is CC(C)CC1(C)NC(=O)N(Cc2csc(-c3cnn(C)c3)n2)C1=O. The fraction of sp³-hybridized carbons (Fsp3) is 0.500. The van der Waals surface area contributed by atoms with Gasteiger partial charge in [-0.1, -0.05) is 13.8 Å². The number of nitrogens with one attached hydrogen (secondary N) is 1. The molecule has 0 saturated carbocycles. The molecule has 7 nitrogen and oxygen atoms in total. The van der Waals surface area contributed by atoms with Crippen LogP contribution in [0.3, 0.4) is 0 Å². The van der Waals surface area contributed by atoms with Gasteiger partial charge in [0, 0.05) is 24.2 Å². The predicted molar refractivity (Wildman–Crippen MR) is 91.3 cm³/mol. The van der Waals surface area contributed by atoms with E-state index < -0.39 is 5.54 Å². The maximum atomic E-state index is 12.7. The Morgan fingerprint density at radius 3 is 2.75 bits per heavy atom. The second kappa shape index (κ2) is 6.01. The maximum absolute atomic E-state index is 12.7. The van der Waals surface area contributed by atoms with Gasteiger partial charge in [0.15, 0.2) is 0 Å². The molecule has 1 aliphatic rings. The number of carbonyl (C=O) groups excluding carboxylic acids is 2. The highest BCUT2D eigenvalue weighted by atomic mass is 32.1. The van der Waals surface area contributed by atoms with Crippen LogP contribution in [-0.2, 0) is 18.4 Å². The zero-order valence-corrected chi connectivity index (χ0v) is 15.1. The van der Waals surface area contributed by atoms with Crippen molar-refractivity contribution in [2.45, 2.75) is 39.3 Å². The zero-order chi connectivity index (χ0) is 17.5. The number of aryl methyl sites for hydroxylation is 1. The van der Waals surface area contributed by atoms with Crippen molar-refractivity contribution in [2.75, 3.05) is 0 Å². The van der Waals surface area contributed by atoms with Crippen LogP contribution in [0.5, 0.6) is 0 Å². The summed E-state index contributed by atoms with van der Waals surface area (Å²) in [7, 11) is 1.85. The Labute approximate surface area is 144 Å². The van der Waals surface area contributed by atoms with Crippen LogP contribution in [0, 0.1) is 5.92 Å². The van der Waals surface area contributed by atoms with Crippen LogP contribution in [-0.4, -0.2) is 37.1 Å². The quantitative estimate of drug-likeness (QED) is 0.842. The molecule has 0 bridgehead atoms. The number of thiazole rings is 1. The largest absolute Gasteiger partial charge is 0.325 e. The lowest BCUT2D eigenvalue weighted by Gasteiger charge is -2.23. The average Bonchev–Trinajstić information content (AvgIpc) is 3.15. The van der Waals surface area contributed by atoms with Crippen LogP contribution in [0.15, 0.2) is 17.8 Å². The first-order valence-corrected chi connectivity index (χ1v) is 8.74. The molecule has 128 valence electrons. The minimum atomic E-state index is -0.826. The summed E-state index contributed by atoms with van der Waals surface area (Å²) >= 11 is 1.48. The van der Waals surface area contributed by atoms with Crippen molar-refractivity contribution >= 4 is 23.3 Å². The minimum Gasteiger partial charge on any atom is -0.323 e. The molecule has 0 radical (unpaired) electrons. The van der Waals surface area contributed by atoms with Crippen LogP contribution in [0.25, 0.3) is 10.6 Å². The normalized spacial score (nSPS) is 21.0. The smallest absolute Gasteiger partial charge is 0.323 e. The van der Waals surface area contributed by atoms with Gasteiger partial charge in [-0.2, -0.15) is 5.10 Å². The topological polar surface area (TPSA) is 80.1 Å². The fourth-order valence-electron chi connectivity index (χ4n) is 3.05. The molecular weight excluding hydrogens is 326 g/mol. The van der Waals surface area contributed by atoms with Crippen molar-refractivity contribution in [2.24, 2.45) is 13.0 Å². The molecule has 0 aliphatic carbocycles. The number of amides is 3. The highest BCUT2D eigenvalue weighted by Gasteiger charge is 2.47. The molecule has 1 atom stereocenters. The van der Waals surface area contributed by atoms with E-state index in [2.05, 4.69) is 15.4 Å². The molecule has 0 aromatic carbocycles. The van der Waals surface area contributed by atoms with E-state index in [4.69, 9.17) is 0 Å². The van der Waals surface area contributed by atoms with Gasteiger partial charge in [0.25, 0.3) is 5.91 Å². The van der Waals surface area contributed by atoms with E-state index in [1.807, 2.05) is 32.5 Å². The van der Waals surface area contributed by atoms with Gasteiger partial charge in [-0.15, -0.1) is 11.3 Å². The number of nitrogens with zero attached hydrogens (tertiary/aromatic N) is 4. The molecule has 8 heteroatoms. The third-order valence-electron chi connectivity index (χ3n) is 3.99. The van der Waals surface area contributed by atoms with Gasteiger partial charge in [0.05, 0.1) is 18.4 Å². The fourth-order valence-corrected chi connectivity index (χ4v) is 3.84. The summed E-state index contributed by atoms with van der Waals surface area (Å²) in [5, 5.41) is 9.66. The number of carbonyl (C=O) groups is 2. The van der Waals surface area contributed by atoms with Crippen LogP contribution in [0.2, 0.25) is 0 Å². The van der Waals surface area contributed by atoms with Gasteiger partial charge in [-0.3, -0.25) is 14.4 Å². The summed E-state index contributed by atoms with van der Waals surface area (Å²) < 4.78 is 1.71. The highest BCUT2D eigenvalue weighted by Crippen LogP contribution is 2.28. The van der Waals surface area contributed by atoms with E-state index in [1.54, 1.807) is 17.8 Å².